The van der Waals surface area contributed by atoms with E-state index in [4.69, 9.17) is 14.2 Å². The Hall–Kier alpha value is -6.31. The van der Waals surface area contributed by atoms with Gasteiger partial charge in [0.1, 0.15) is 11.6 Å². The minimum absolute atomic E-state index is 0.0842. The number of hydrogen-bond donors (Lipinski definition) is 1. The SMILES string of the molecule is Cc1ccc(-c2cc(C(F)(F)F)nn2-c2ccc(S(=O)(=O)NC(=O)CCC(=O)OC[C@@H]3CCN3n3on3OC(C)N3C(=O)c4ccccc4C3=O)cc2)cc1. The maximum Gasteiger partial charge on any atom is 0.435 e. The fourth-order valence-corrected chi connectivity index (χ4v) is 6.95. The van der Waals surface area contributed by atoms with Crippen molar-refractivity contribution in [3.8, 4) is 16.9 Å². The second kappa shape index (κ2) is 14.2. The topological polar surface area (TPSA) is 180 Å². The van der Waals surface area contributed by atoms with Gasteiger partial charge in [-0.25, -0.2) is 22.7 Å². The number of fused-ring (bicyclic) bond motifs is 1. The summed E-state index contributed by atoms with van der Waals surface area (Å²) in [5, 5.41) is 6.35. The number of imide groups is 1. The molecule has 1 unspecified atom stereocenters. The highest BCUT2D eigenvalue weighted by molar-refractivity contribution is 7.90. The van der Waals surface area contributed by atoms with E-state index in [9.17, 15) is 40.8 Å². The summed E-state index contributed by atoms with van der Waals surface area (Å²) >= 11 is 0. The summed E-state index contributed by atoms with van der Waals surface area (Å²) in [6.07, 6.45) is -6.05. The largest absolute Gasteiger partial charge is 0.463 e. The zero-order valence-electron chi connectivity index (χ0n) is 29.1. The van der Waals surface area contributed by atoms with Gasteiger partial charge in [0, 0.05) is 18.5 Å². The Kier molecular flexibility index (Phi) is 9.53. The molecule has 4 heterocycles. The molecule has 2 aliphatic rings. The fraction of sp³-hybridized carbons (Fsp3) is 0.286. The molecule has 16 nitrogen and oxygen atoms in total. The van der Waals surface area contributed by atoms with Crippen LogP contribution in [0.1, 0.15) is 58.2 Å². The van der Waals surface area contributed by atoms with Gasteiger partial charge in [-0.15, -0.1) is 0 Å². The second-order valence-corrected chi connectivity index (χ2v) is 14.5. The molecule has 2 atom stereocenters. The van der Waals surface area contributed by atoms with Crippen molar-refractivity contribution in [1.82, 2.24) is 29.4 Å². The van der Waals surface area contributed by atoms with Gasteiger partial charge in [-0.3, -0.25) is 24.2 Å². The average molecular weight is 784 g/mol. The molecule has 5 aromatic rings. The van der Waals surface area contributed by atoms with Crippen molar-refractivity contribution in [3.05, 3.63) is 101 Å². The Bertz CT molecular complexity index is 2340. The highest BCUT2D eigenvalue weighted by Gasteiger charge is 2.42. The molecule has 3 aromatic carbocycles. The van der Waals surface area contributed by atoms with Crippen LogP contribution in [0, 0.1) is 6.92 Å². The zero-order valence-corrected chi connectivity index (χ0v) is 29.9. The molecule has 3 amide bonds. The van der Waals surface area contributed by atoms with Crippen molar-refractivity contribution >= 4 is 33.7 Å². The highest BCUT2D eigenvalue weighted by Crippen LogP contribution is 2.33. The van der Waals surface area contributed by atoms with Crippen molar-refractivity contribution in [3.63, 3.8) is 0 Å². The Morgan fingerprint density at radius 2 is 1.64 bits per heavy atom. The monoisotopic (exact) mass is 783 g/mol. The molecule has 0 aliphatic carbocycles. The van der Waals surface area contributed by atoms with Gasteiger partial charge in [0.15, 0.2) is 5.69 Å². The number of esters is 1. The Morgan fingerprint density at radius 1 is 0.982 bits per heavy atom. The van der Waals surface area contributed by atoms with Gasteiger partial charge in [0.25, 0.3) is 21.8 Å². The van der Waals surface area contributed by atoms with Crippen molar-refractivity contribution in [2.75, 3.05) is 18.2 Å². The maximum atomic E-state index is 13.6. The molecule has 0 radical (unpaired) electrons. The number of alkyl halides is 3. The summed E-state index contributed by atoms with van der Waals surface area (Å²) in [7, 11) is -4.41. The first-order valence-electron chi connectivity index (χ1n) is 16.9. The molecule has 0 spiro atoms. The van der Waals surface area contributed by atoms with Crippen molar-refractivity contribution in [2.24, 2.45) is 0 Å². The van der Waals surface area contributed by atoms with E-state index in [0.29, 0.717) is 18.5 Å². The molecule has 288 valence electrons. The lowest BCUT2D eigenvalue weighted by Crippen LogP contribution is -2.56. The van der Waals surface area contributed by atoms with Crippen LogP contribution in [0.15, 0.2) is 88.4 Å². The van der Waals surface area contributed by atoms with E-state index in [1.165, 1.54) is 24.0 Å². The van der Waals surface area contributed by atoms with E-state index in [-0.39, 0.29) is 40.1 Å². The highest BCUT2D eigenvalue weighted by atomic mass is 32.2. The molecule has 55 heavy (non-hydrogen) atoms. The van der Waals surface area contributed by atoms with Crippen LogP contribution >= 0.6 is 0 Å². The first-order chi connectivity index (χ1) is 26.1. The molecule has 0 saturated carbocycles. The maximum absolute atomic E-state index is 13.6. The lowest BCUT2D eigenvalue weighted by molar-refractivity contribution is -0.146. The molecule has 2 aliphatic heterocycles. The summed E-state index contributed by atoms with van der Waals surface area (Å²) in [4.78, 5) is 57.8. The minimum atomic E-state index is -4.72. The van der Waals surface area contributed by atoms with E-state index in [2.05, 4.69) is 5.10 Å². The molecule has 2 aromatic heterocycles. The summed E-state index contributed by atoms with van der Waals surface area (Å²) in [6.45, 7) is 3.77. The summed E-state index contributed by atoms with van der Waals surface area (Å²) < 4.78 is 80.0. The molecule has 0 bridgehead atoms. The number of benzene rings is 3. The van der Waals surface area contributed by atoms with Crippen LogP contribution in [0.25, 0.3) is 16.9 Å². The number of carbonyl (C=O) groups excluding carboxylic acids is 4. The van der Waals surface area contributed by atoms with E-state index in [1.54, 1.807) is 53.5 Å². The lowest BCUT2D eigenvalue weighted by Gasteiger charge is -2.36. The third kappa shape index (κ3) is 7.57. The van der Waals surface area contributed by atoms with Gasteiger partial charge in [0.05, 0.1) is 44.8 Å². The number of rotatable bonds is 13. The van der Waals surface area contributed by atoms with Crippen LogP contribution in [0.4, 0.5) is 13.2 Å². The first kappa shape index (κ1) is 37.0. The molecule has 7 rings (SSSR count). The number of ether oxygens (including phenoxy) is 1. The summed E-state index contributed by atoms with van der Waals surface area (Å²) in [6, 6.07) is 18.5. The molecule has 20 heteroatoms. The van der Waals surface area contributed by atoms with Crippen LogP contribution in [-0.2, 0) is 30.5 Å². The van der Waals surface area contributed by atoms with Crippen molar-refractivity contribution in [2.45, 2.75) is 56.5 Å². The molecule has 1 saturated heterocycles. The molecule has 1 N–H and O–H groups in total. The number of sulfonamides is 1. The number of carbonyl (C=O) groups is 4. The van der Waals surface area contributed by atoms with Gasteiger partial charge < -0.3 is 9.57 Å². The Morgan fingerprint density at radius 3 is 2.24 bits per heavy atom. The number of halogens is 3. The van der Waals surface area contributed by atoms with E-state index < -0.39 is 64.7 Å². The van der Waals surface area contributed by atoms with Gasteiger partial charge in [-0.1, -0.05) is 42.0 Å². The summed E-state index contributed by atoms with van der Waals surface area (Å²) in [5.41, 5.74) is 1.06. The number of hydrogen-bond acceptors (Lipinski definition) is 11. The quantitative estimate of drug-likeness (QED) is 0.136. The minimum Gasteiger partial charge on any atom is -0.463 e. The fourth-order valence-electron chi connectivity index (χ4n) is 5.93. The van der Waals surface area contributed by atoms with Gasteiger partial charge in [0.2, 0.25) is 12.1 Å². The number of aryl methyl sites for hydroxylation is 1. The number of nitrogens with zero attached hydrogens (tertiary/aromatic N) is 6. The molecular weight excluding hydrogens is 751 g/mol. The van der Waals surface area contributed by atoms with Crippen molar-refractivity contribution < 1.29 is 55.0 Å². The zero-order chi connectivity index (χ0) is 39.2. The van der Waals surface area contributed by atoms with Gasteiger partial charge in [-0.05, 0) is 62.7 Å². The van der Waals surface area contributed by atoms with Crippen LogP contribution in [-0.4, -0.2) is 82.2 Å². The second-order valence-electron chi connectivity index (χ2n) is 12.8. The Balaban J connectivity index is 0.881. The number of aromatic nitrogens is 4. The normalized spacial score (nSPS) is 16.2. The third-order valence-corrected chi connectivity index (χ3v) is 10.4. The number of amides is 3. The van der Waals surface area contributed by atoms with Crippen LogP contribution in [0.3, 0.4) is 0 Å². The summed E-state index contributed by atoms with van der Waals surface area (Å²) in [5.74, 6) is -2.73. The van der Waals surface area contributed by atoms with E-state index >= 15 is 0 Å². The van der Waals surface area contributed by atoms with E-state index in [1.807, 2.05) is 11.6 Å². The first-order valence-corrected chi connectivity index (χ1v) is 18.3. The van der Waals surface area contributed by atoms with Crippen LogP contribution in [0.5, 0.6) is 0 Å². The lowest BCUT2D eigenvalue weighted by atomic mass is 10.1. The smallest absolute Gasteiger partial charge is 0.435 e. The van der Waals surface area contributed by atoms with Gasteiger partial charge in [-0.2, -0.15) is 22.9 Å². The molecule has 1 fully saturated rings. The predicted octanol–water partition coefficient (Wildman–Crippen LogP) is 3.67. The molecular formula is C35H32F3N7O9S. The number of nitrogens with one attached hydrogen (secondary N) is 1. The predicted molar refractivity (Wildman–Crippen MR) is 183 cm³/mol. The Labute approximate surface area is 310 Å². The van der Waals surface area contributed by atoms with E-state index in [0.717, 1.165) is 38.4 Å². The van der Waals surface area contributed by atoms with Crippen LogP contribution in [0.2, 0.25) is 0 Å². The standard InChI is InChI=1S/C35H32F3N7O9S/c1-21-7-9-23(10-8-21)29-19-30(35(36,37)38)39-43(29)24-11-13-26(14-12-24)55(50,51)40-31(46)15-16-32(47)52-20-25-17-18-41(25)44-45(54-44)53-22(2)42-33(48)27-5-3-4-6-28(27)34(42)49/h3-14,19,22,25H,15-18,20H2,1-2H3,(H,40,46)/t22?,25-,44?,45?/m0/s1. The third-order valence-electron chi connectivity index (χ3n) is 9.00. The van der Waals surface area contributed by atoms with Gasteiger partial charge >= 0.3 is 12.1 Å². The van der Waals surface area contributed by atoms with Crippen LogP contribution < -0.4 is 14.6 Å². The van der Waals surface area contributed by atoms with Crippen molar-refractivity contribution in [1.29, 1.82) is 0 Å². The average Bonchev–Trinajstić information content (AvgIpc) is 3.59.